The lowest BCUT2D eigenvalue weighted by Crippen LogP contribution is -2.61. The molecule has 3 fully saturated rings. The molecule has 3 aliphatic heterocycles. The maximum absolute atomic E-state index is 16.9. The molecule has 0 unspecified atom stereocenters. The van der Waals surface area contributed by atoms with Gasteiger partial charge in [-0.2, -0.15) is 0 Å². The summed E-state index contributed by atoms with van der Waals surface area (Å²) in [4.78, 5) is 61.6. The Hall–Kier alpha value is -3.75. The lowest BCUT2D eigenvalue weighted by molar-refractivity contribution is -0.296. The second kappa shape index (κ2) is 20.6. The van der Waals surface area contributed by atoms with Crippen molar-refractivity contribution < 1.29 is 57.5 Å². The number of esters is 1. The van der Waals surface area contributed by atoms with Crippen molar-refractivity contribution in [3.63, 3.8) is 0 Å². The number of carbonyl (C=O) groups is 3. The van der Waals surface area contributed by atoms with E-state index in [0.717, 1.165) is 28.2 Å². The highest BCUT2D eigenvalue weighted by Gasteiger charge is 2.56. The molecule has 2 N–H and O–H groups in total. The van der Waals surface area contributed by atoms with Crippen LogP contribution in [0.15, 0.2) is 40.5 Å². The third kappa shape index (κ3) is 11.7. The number of nitrogens with zero attached hydrogens (tertiary/aromatic N) is 5. The number of hydrogen-bond donors (Lipinski definition) is 2. The van der Waals surface area contributed by atoms with Crippen LogP contribution in [0.25, 0.3) is 10.6 Å². The summed E-state index contributed by atoms with van der Waals surface area (Å²) in [6, 6.07) is 9.29. The van der Waals surface area contributed by atoms with E-state index in [1.807, 2.05) is 82.2 Å². The number of aromatic nitrogens is 1. The SMILES string of the molecule is CC[C@@H]1OC(=O)[C@@](C)(F)C(=O)[C@H](C)[C@@H](O[C@@H]2O[C@H](C)C[C@H](N(C)C)[C@H]2O)[C@@]2(C)C[C@@H](C)C(=NC(C)=O)C[C@H](OC/C(=N/OCc3ccc(-c4cccc(N(C)C)n4)s3)CO2)[C@]1(C)O. The van der Waals surface area contributed by atoms with Crippen LogP contribution in [-0.4, -0.2) is 150 Å². The third-order valence-corrected chi connectivity index (χ3v) is 13.4. The van der Waals surface area contributed by atoms with Crippen LogP contribution in [0, 0.1) is 11.8 Å². The number of cyclic esters (lactones) is 1. The van der Waals surface area contributed by atoms with E-state index in [4.69, 9.17) is 33.5 Å². The highest BCUT2D eigenvalue weighted by molar-refractivity contribution is 7.15. The van der Waals surface area contributed by atoms with Crippen LogP contribution in [0.3, 0.4) is 0 Å². The molecule has 0 spiro atoms. The molecule has 2 aromatic rings. The monoisotopic (exact) mass is 903 g/mol. The summed E-state index contributed by atoms with van der Waals surface area (Å²) in [5.41, 5.74) is -5.41. The van der Waals surface area contributed by atoms with Gasteiger partial charge in [-0.05, 0) is 91.2 Å². The summed E-state index contributed by atoms with van der Waals surface area (Å²) in [7, 11) is 7.49. The summed E-state index contributed by atoms with van der Waals surface area (Å²) >= 11 is 1.49. The number of aliphatic hydroxyl groups is 2. The molecule has 3 aliphatic rings. The number of ether oxygens (including phenoxy) is 5. The fourth-order valence-electron chi connectivity index (χ4n) is 8.61. The quantitative estimate of drug-likeness (QED) is 0.191. The van der Waals surface area contributed by atoms with Gasteiger partial charge in [0.15, 0.2) is 18.7 Å². The number of pyridine rings is 1. The molecule has 2 bridgehead atoms. The summed E-state index contributed by atoms with van der Waals surface area (Å²) in [6.07, 6.45) is -6.48. The lowest BCUT2D eigenvalue weighted by Gasteiger charge is -2.47. The third-order valence-electron chi connectivity index (χ3n) is 12.3. The van der Waals surface area contributed by atoms with Gasteiger partial charge < -0.3 is 48.5 Å². The van der Waals surface area contributed by atoms with E-state index < -0.39 is 83.1 Å². The Kier molecular flexibility index (Phi) is 16.4. The van der Waals surface area contributed by atoms with Crippen LogP contribution in [-0.2, 0) is 49.5 Å². The van der Waals surface area contributed by atoms with E-state index >= 15 is 4.39 Å². The fourth-order valence-corrected chi connectivity index (χ4v) is 9.50. The highest BCUT2D eigenvalue weighted by atomic mass is 32.1. The zero-order valence-corrected chi connectivity index (χ0v) is 39.4. The number of anilines is 1. The number of oxime groups is 1. The van der Waals surface area contributed by atoms with Gasteiger partial charge in [0.2, 0.25) is 5.91 Å². The van der Waals surface area contributed by atoms with Gasteiger partial charge in [-0.15, -0.1) is 11.3 Å². The van der Waals surface area contributed by atoms with E-state index in [-0.39, 0.29) is 50.9 Å². The Morgan fingerprint density at radius 3 is 2.44 bits per heavy atom. The first-order chi connectivity index (χ1) is 29.5. The zero-order chi connectivity index (χ0) is 46.6. The molecular weight excluding hydrogens is 838 g/mol. The summed E-state index contributed by atoms with van der Waals surface area (Å²) in [5.74, 6) is -4.40. The predicted molar refractivity (Wildman–Crippen MR) is 236 cm³/mol. The number of likely N-dealkylation sites (N-methyl/N-ethyl adjacent to an activating group) is 1. The molecule has 0 aromatic carbocycles. The number of thiophene rings is 1. The van der Waals surface area contributed by atoms with Crippen molar-refractivity contribution in [3.8, 4) is 10.6 Å². The first kappa shape index (κ1) is 50.3. The van der Waals surface area contributed by atoms with Crippen LogP contribution in [0.1, 0.15) is 86.0 Å². The van der Waals surface area contributed by atoms with Gasteiger partial charge in [-0.1, -0.05) is 32.0 Å². The fraction of sp³-hybridized carbons (Fsp3) is 0.689. The van der Waals surface area contributed by atoms with Crippen LogP contribution >= 0.6 is 11.3 Å². The van der Waals surface area contributed by atoms with E-state index in [1.165, 1.54) is 32.1 Å². The average molecular weight is 904 g/mol. The molecule has 3 saturated heterocycles. The number of amides is 1. The van der Waals surface area contributed by atoms with Crippen molar-refractivity contribution in [2.24, 2.45) is 22.0 Å². The number of fused-ring (bicyclic) bond motifs is 5. The molecule has 0 saturated carbocycles. The number of ketones is 1. The van der Waals surface area contributed by atoms with Crippen molar-refractivity contribution in [1.29, 1.82) is 0 Å². The normalized spacial score (nSPS) is 36.3. The number of aliphatic imine (C=N–C) groups is 1. The van der Waals surface area contributed by atoms with E-state index in [9.17, 15) is 24.6 Å². The minimum absolute atomic E-state index is 0.00400. The van der Waals surface area contributed by atoms with Crippen LogP contribution in [0.2, 0.25) is 0 Å². The maximum atomic E-state index is 16.9. The first-order valence-corrected chi connectivity index (χ1v) is 22.4. The first-order valence-electron chi connectivity index (χ1n) is 21.5. The minimum atomic E-state index is -3.21. The van der Waals surface area contributed by atoms with Crippen LogP contribution < -0.4 is 4.90 Å². The smallest absolute Gasteiger partial charge is 0.351 e. The number of hydrogen-bond acceptors (Lipinski definition) is 16. The summed E-state index contributed by atoms with van der Waals surface area (Å²) in [5, 5.41) is 28.4. The van der Waals surface area contributed by atoms with Crippen molar-refractivity contribution in [1.82, 2.24) is 9.88 Å². The van der Waals surface area contributed by atoms with Crippen molar-refractivity contribution in [2.75, 3.05) is 46.3 Å². The van der Waals surface area contributed by atoms with Gasteiger partial charge in [0.1, 0.15) is 29.3 Å². The van der Waals surface area contributed by atoms with E-state index in [2.05, 4.69) is 10.1 Å². The Labute approximate surface area is 374 Å². The van der Waals surface area contributed by atoms with Crippen molar-refractivity contribution >= 4 is 46.2 Å². The molecule has 1 amide bonds. The van der Waals surface area contributed by atoms with Crippen LogP contribution in [0.4, 0.5) is 10.2 Å². The topological polar surface area (TPSA) is 191 Å². The molecule has 5 rings (SSSR count). The Bertz CT molecular complexity index is 1990. The Morgan fingerprint density at radius 2 is 1.79 bits per heavy atom. The molecular formula is C45H66FN5O11S. The van der Waals surface area contributed by atoms with Crippen LogP contribution in [0.5, 0.6) is 0 Å². The predicted octanol–water partition coefficient (Wildman–Crippen LogP) is 5.16. The van der Waals surface area contributed by atoms with Gasteiger partial charge in [0.05, 0.1) is 47.7 Å². The number of alkyl halides is 1. The second-order valence-corrected chi connectivity index (χ2v) is 19.3. The molecule has 18 heteroatoms. The van der Waals surface area contributed by atoms with Gasteiger partial charge in [-0.3, -0.25) is 9.59 Å². The van der Waals surface area contributed by atoms with E-state index in [0.29, 0.717) is 12.1 Å². The second-order valence-electron chi connectivity index (χ2n) is 18.1. The number of carbonyl (C=O) groups excluding carboxylic acids is 3. The number of rotatable bonds is 9. The van der Waals surface area contributed by atoms with Crippen molar-refractivity contribution in [2.45, 2.75) is 147 Å². The minimum Gasteiger partial charge on any atom is -0.457 e. The maximum Gasteiger partial charge on any atom is 0.351 e. The van der Waals surface area contributed by atoms with Gasteiger partial charge in [0, 0.05) is 50.0 Å². The standard InChI is InChI=1S/C45H66FN5O11S/c1-13-35-45(8,56)36-20-32(47-28(5)52)25(2)21-43(6,40(27(4)39(54)44(7,46)42(55)61-35)62-41-38(53)33(50(9)10)19-26(3)60-41)58-23-29(22-57-36)49-59-24-30-17-18-34(63-30)31-15-14-16-37(48-31)51(11)12/h14-18,25-27,33,35-36,38,40-41,53,56H,13,19-24H2,1-12H3/b47-32?,49-29-/t25-,26-,27+,33+,35+,36+,38-,40-,41+,43-,44+,45-/m1/s1. The molecule has 5 heterocycles. The molecule has 16 nitrogen and oxygen atoms in total. The molecule has 2 aromatic heterocycles. The van der Waals surface area contributed by atoms with E-state index in [1.54, 1.807) is 13.8 Å². The van der Waals surface area contributed by atoms with Gasteiger partial charge in [0.25, 0.3) is 5.67 Å². The van der Waals surface area contributed by atoms with Gasteiger partial charge in [-0.25, -0.2) is 19.2 Å². The molecule has 12 atom stereocenters. The lowest BCUT2D eigenvalue weighted by atomic mass is 9.75. The molecule has 63 heavy (non-hydrogen) atoms. The summed E-state index contributed by atoms with van der Waals surface area (Å²) in [6.45, 7) is 11.5. The average Bonchev–Trinajstić information content (AvgIpc) is 3.69. The largest absolute Gasteiger partial charge is 0.457 e. The molecule has 0 aliphatic carbocycles. The van der Waals surface area contributed by atoms with Gasteiger partial charge >= 0.3 is 5.97 Å². The zero-order valence-electron chi connectivity index (χ0n) is 38.6. The molecule has 0 radical (unpaired) electrons. The number of halogens is 1. The highest BCUT2D eigenvalue weighted by Crippen LogP contribution is 2.40. The Morgan fingerprint density at radius 1 is 1.08 bits per heavy atom. The summed E-state index contributed by atoms with van der Waals surface area (Å²) < 4.78 is 48.7. The number of aliphatic hydroxyl groups excluding tert-OH is 1. The molecule has 350 valence electrons. The number of Topliss-reactive ketones (excluding diaryl/α,β-unsaturated/α-hetero) is 1. The Balaban J connectivity index is 1.62. The van der Waals surface area contributed by atoms with Crippen molar-refractivity contribution in [3.05, 3.63) is 35.2 Å².